The monoisotopic (exact) mass is 589 g/mol. The maximum absolute atomic E-state index is 13.1. The van der Waals surface area contributed by atoms with Gasteiger partial charge in [0.05, 0.1) is 12.0 Å². The summed E-state index contributed by atoms with van der Waals surface area (Å²) in [6.07, 6.45) is 0.707. The Bertz CT molecular complexity index is 1740. The summed E-state index contributed by atoms with van der Waals surface area (Å²) in [6.45, 7) is 1.89. The summed E-state index contributed by atoms with van der Waals surface area (Å²) < 4.78 is 51.8. The highest BCUT2D eigenvalue weighted by atomic mass is 32.2. The van der Waals surface area contributed by atoms with Crippen LogP contribution in [0.2, 0.25) is 0 Å². The summed E-state index contributed by atoms with van der Waals surface area (Å²) in [6, 6.07) is 21.6. The van der Waals surface area contributed by atoms with Crippen LogP contribution in [0.4, 0.5) is 21.5 Å². The Morgan fingerprint density at radius 1 is 0.929 bits per heavy atom. The fraction of sp³-hybridized carbons (Fsp3) is 0.161. The van der Waals surface area contributed by atoms with Gasteiger partial charge in [-0.2, -0.15) is 0 Å². The van der Waals surface area contributed by atoms with Gasteiger partial charge in [-0.25, -0.2) is 12.8 Å². The molecule has 0 aliphatic carbocycles. The number of carbonyl (C=O) groups excluding carboxylic acids is 2. The molecule has 0 spiro atoms. The van der Waals surface area contributed by atoms with Gasteiger partial charge >= 0.3 is 0 Å². The van der Waals surface area contributed by atoms with E-state index >= 15 is 0 Å². The first-order valence-electron chi connectivity index (χ1n) is 13.0. The van der Waals surface area contributed by atoms with Crippen molar-refractivity contribution in [3.63, 3.8) is 0 Å². The highest BCUT2D eigenvalue weighted by molar-refractivity contribution is 7.92. The lowest BCUT2D eigenvalue weighted by molar-refractivity contribution is -0.118. The molecule has 0 aromatic heterocycles. The molecule has 1 heterocycles. The summed E-state index contributed by atoms with van der Waals surface area (Å²) >= 11 is 0. The lowest BCUT2D eigenvalue weighted by Crippen LogP contribution is -2.29. The maximum Gasteiger partial charge on any atom is 0.262 e. The molecule has 11 heteroatoms. The Labute approximate surface area is 242 Å². The van der Waals surface area contributed by atoms with Crippen LogP contribution in [-0.2, 0) is 21.2 Å². The largest absolute Gasteiger partial charge is 0.497 e. The number of hydrogen-bond acceptors (Lipinski definition) is 6. The molecule has 0 saturated carbocycles. The van der Waals surface area contributed by atoms with Gasteiger partial charge in [0.1, 0.15) is 17.3 Å². The van der Waals surface area contributed by atoms with Crippen LogP contribution in [0.15, 0.2) is 89.8 Å². The molecule has 0 fully saturated rings. The molecule has 4 aromatic rings. The number of ether oxygens (including phenoxy) is 2. The van der Waals surface area contributed by atoms with E-state index in [1.165, 1.54) is 30.3 Å². The summed E-state index contributed by atoms with van der Waals surface area (Å²) in [4.78, 5) is 27.5. The molecule has 216 valence electrons. The highest BCUT2D eigenvalue weighted by Gasteiger charge is 2.26. The number of anilines is 3. The Balaban J connectivity index is 1.20. The molecular weight excluding hydrogens is 561 g/mol. The van der Waals surface area contributed by atoms with Gasteiger partial charge in [0, 0.05) is 29.2 Å². The summed E-state index contributed by atoms with van der Waals surface area (Å²) in [5.74, 6) is -0.0314. The predicted octanol–water partition coefficient (Wildman–Crippen LogP) is 5.16. The molecule has 0 saturated heterocycles. The standard InChI is InChI=1S/C31H28FN3O6S/c1-20-17-27(42(38,39)34-24-9-6-23(32)7-10-24)13-14-29(20)41-19-30(36)33-25-8-3-21-15-16-35(28(21)18-25)31(37)22-4-11-26(40-2)12-5-22/h3-14,17-18,34H,15-16,19H2,1-2H3,(H,33,36). The molecule has 42 heavy (non-hydrogen) atoms. The molecule has 2 N–H and O–H groups in total. The van der Waals surface area contributed by atoms with Crippen LogP contribution in [0.3, 0.4) is 0 Å². The number of nitrogens with zero attached hydrogens (tertiary/aromatic N) is 1. The average molecular weight is 590 g/mol. The second kappa shape index (κ2) is 11.9. The smallest absolute Gasteiger partial charge is 0.262 e. The molecule has 0 radical (unpaired) electrons. The van der Waals surface area contributed by atoms with E-state index < -0.39 is 21.7 Å². The van der Waals surface area contributed by atoms with Gasteiger partial charge in [0.25, 0.3) is 21.8 Å². The van der Waals surface area contributed by atoms with Crippen LogP contribution < -0.4 is 24.4 Å². The molecule has 5 rings (SSSR count). The number of fused-ring (bicyclic) bond motifs is 1. The normalized spacial score (nSPS) is 12.4. The van der Waals surface area contributed by atoms with E-state index in [1.54, 1.807) is 55.3 Å². The van der Waals surface area contributed by atoms with Crippen LogP contribution in [0.25, 0.3) is 0 Å². The van der Waals surface area contributed by atoms with Gasteiger partial charge in [-0.05, 0) is 103 Å². The van der Waals surface area contributed by atoms with Gasteiger partial charge in [0.15, 0.2) is 6.61 Å². The number of nitrogens with one attached hydrogen (secondary N) is 2. The lowest BCUT2D eigenvalue weighted by atomic mass is 10.1. The minimum atomic E-state index is -3.92. The van der Waals surface area contributed by atoms with Crippen molar-refractivity contribution in [2.75, 3.05) is 35.2 Å². The average Bonchev–Trinajstić information content (AvgIpc) is 3.40. The molecular formula is C31H28FN3O6S. The van der Waals surface area contributed by atoms with Crippen LogP contribution >= 0.6 is 0 Å². The first-order valence-corrected chi connectivity index (χ1v) is 14.5. The minimum Gasteiger partial charge on any atom is -0.497 e. The number of amides is 2. The molecule has 0 atom stereocenters. The zero-order valence-electron chi connectivity index (χ0n) is 22.9. The zero-order chi connectivity index (χ0) is 29.9. The lowest BCUT2D eigenvalue weighted by Gasteiger charge is -2.18. The van der Waals surface area contributed by atoms with Gasteiger partial charge in [-0.15, -0.1) is 0 Å². The molecule has 0 bridgehead atoms. The van der Waals surface area contributed by atoms with E-state index in [2.05, 4.69) is 10.0 Å². The Morgan fingerprint density at radius 2 is 1.64 bits per heavy atom. The SMILES string of the molecule is COc1ccc(C(=O)N2CCc3ccc(NC(=O)COc4ccc(S(=O)(=O)Nc5ccc(F)cc5)cc4C)cc32)cc1. The maximum atomic E-state index is 13.1. The fourth-order valence-corrected chi connectivity index (χ4v) is 5.72. The molecule has 2 amide bonds. The Hall–Kier alpha value is -4.90. The minimum absolute atomic E-state index is 0.00647. The van der Waals surface area contributed by atoms with E-state index in [4.69, 9.17) is 9.47 Å². The third kappa shape index (κ3) is 6.36. The number of methoxy groups -OCH3 is 1. The number of benzene rings is 4. The van der Waals surface area contributed by atoms with Gasteiger partial charge in [-0.3, -0.25) is 14.3 Å². The van der Waals surface area contributed by atoms with Crippen molar-refractivity contribution in [3.05, 3.63) is 107 Å². The number of hydrogen-bond donors (Lipinski definition) is 2. The number of rotatable bonds is 9. The third-order valence-corrected chi connectivity index (χ3v) is 8.14. The number of sulfonamides is 1. The van der Waals surface area contributed by atoms with E-state index in [0.717, 1.165) is 23.4 Å². The zero-order valence-corrected chi connectivity index (χ0v) is 23.7. The second-order valence-electron chi connectivity index (χ2n) is 9.66. The van der Waals surface area contributed by atoms with Crippen molar-refractivity contribution >= 4 is 38.9 Å². The van der Waals surface area contributed by atoms with E-state index in [-0.39, 0.29) is 23.1 Å². The van der Waals surface area contributed by atoms with Gasteiger partial charge in [0.2, 0.25) is 0 Å². The van der Waals surface area contributed by atoms with Gasteiger partial charge < -0.3 is 19.7 Å². The van der Waals surface area contributed by atoms with Gasteiger partial charge in [-0.1, -0.05) is 6.07 Å². The molecule has 1 aliphatic heterocycles. The van der Waals surface area contributed by atoms with Crippen LogP contribution in [0.5, 0.6) is 11.5 Å². The number of carbonyl (C=O) groups is 2. The van der Waals surface area contributed by atoms with E-state index in [0.29, 0.717) is 41.3 Å². The topological polar surface area (TPSA) is 114 Å². The van der Waals surface area contributed by atoms with Crippen molar-refractivity contribution in [2.45, 2.75) is 18.2 Å². The van der Waals surface area contributed by atoms with Crippen molar-refractivity contribution < 1.29 is 31.9 Å². The fourth-order valence-electron chi connectivity index (χ4n) is 4.58. The Kier molecular flexibility index (Phi) is 8.12. The van der Waals surface area contributed by atoms with Crippen LogP contribution in [-0.4, -0.2) is 40.5 Å². The van der Waals surface area contributed by atoms with E-state index in [1.807, 2.05) is 6.07 Å². The summed E-state index contributed by atoms with van der Waals surface area (Å²) in [5, 5.41) is 2.79. The first kappa shape index (κ1) is 28.6. The molecule has 1 aliphatic rings. The predicted molar refractivity (Wildman–Crippen MR) is 157 cm³/mol. The number of halogens is 1. The Morgan fingerprint density at radius 3 is 2.33 bits per heavy atom. The van der Waals surface area contributed by atoms with Crippen molar-refractivity contribution in [2.24, 2.45) is 0 Å². The van der Waals surface area contributed by atoms with Crippen molar-refractivity contribution in [3.8, 4) is 11.5 Å². The third-order valence-electron chi connectivity index (χ3n) is 6.76. The summed E-state index contributed by atoms with van der Waals surface area (Å²) in [7, 11) is -2.35. The quantitative estimate of drug-likeness (QED) is 0.279. The summed E-state index contributed by atoms with van der Waals surface area (Å²) in [5.41, 5.74) is 3.52. The second-order valence-corrected chi connectivity index (χ2v) is 11.3. The van der Waals surface area contributed by atoms with Crippen LogP contribution in [0, 0.1) is 12.7 Å². The molecule has 9 nitrogen and oxygen atoms in total. The van der Waals surface area contributed by atoms with E-state index in [9.17, 15) is 22.4 Å². The molecule has 0 unspecified atom stereocenters. The molecule has 4 aromatic carbocycles. The van der Waals surface area contributed by atoms with Crippen molar-refractivity contribution in [1.82, 2.24) is 0 Å². The van der Waals surface area contributed by atoms with Crippen molar-refractivity contribution in [1.29, 1.82) is 0 Å². The highest BCUT2D eigenvalue weighted by Crippen LogP contribution is 2.32. The first-order chi connectivity index (χ1) is 20.1. The number of aryl methyl sites for hydroxylation is 1. The van der Waals surface area contributed by atoms with Crippen LogP contribution in [0.1, 0.15) is 21.5 Å².